The van der Waals surface area contributed by atoms with Gasteiger partial charge < -0.3 is 4.90 Å². The van der Waals surface area contributed by atoms with Crippen LogP contribution in [-0.4, -0.2) is 0 Å². The number of benzene rings is 13. The summed E-state index contributed by atoms with van der Waals surface area (Å²) in [6.07, 6.45) is 0. The molecule has 0 unspecified atom stereocenters. The van der Waals surface area contributed by atoms with Crippen LogP contribution in [0.5, 0.6) is 0 Å². The molecule has 0 radical (unpaired) electrons. The van der Waals surface area contributed by atoms with Crippen molar-refractivity contribution in [2.45, 2.75) is 0 Å². The highest BCUT2D eigenvalue weighted by atomic mass is 15.1. The first-order valence-corrected chi connectivity index (χ1v) is 22.7. The van der Waals surface area contributed by atoms with Crippen LogP contribution in [0.15, 0.2) is 224 Å². The van der Waals surface area contributed by atoms with Crippen molar-refractivity contribution in [3.8, 4) is 66.8 Å². The lowest BCUT2D eigenvalue weighted by molar-refractivity contribution is 1.28. The summed E-state index contributed by atoms with van der Waals surface area (Å²) in [6, 6.07) is 83.7. The smallest absolute Gasteiger partial charge is 0.0468 e. The molecule has 0 fully saturated rings. The Morgan fingerprint density at radius 1 is 0.200 bits per heavy atom. The van der Waals surface area contributed by atoms with Gasteiger partial charge in [-0.15, -0.1) is 0 Å². The molecule has 65 heavy (non-hydrogen) atoms. The Bertz CT molecular complexity index is 3930. The lowest BCUT2D eigenvalue weighted by atomic mass is 9.84. The zero-order chi connectivity index (χ0) is 42.3. The Balaban J connectivity index is 0.967. The maximum Gasteiger partial charge on any atom is 0.0468 e. The number of rotatable bonds is 5. The molecule has 0 heterocycles. The third-order valence-corrected chi connectivity index (χ3v) is 14.6. The third kappa shape index (κ3) is 4.71. The van der Waals surface area contributed by atoms with Crippen molar-refractivity contribution in [2.24, 2.45) is 0 Å². The Morgan fingerprint density at radius 2 is 0.554 bits per heavy atom. The largest absolute Gasteiger partial charge is 0.310 e. The van der Waals surface area contributed by atoms with Crippen LogP contribution in [0.4, 0.5) is 17.1 Å². The predicted molar refractivity (Wildman–Crippen MR) is 277 cm³/mol. The lowest BCUT2D eigenvalue weighted by Crippen LogP contribution is -2.09. The Kier molecular flexibility index (Phi) is 7.01. The van der Waals surface area contributed by atoms with E-state index in [0.29, 0.717) is 0 Å². The molecule has 0 N–H and O–H groups in total. The summed E-state index contributed by atoms with van der Waals surface area (Å²) in [6.45, 7) is 0. The lowest BCUT2D eigenvalue weighted by Gasteiger charge is -2.26. The van der Waals surface area contributed by atoms with Gasteiger partial charge >= 0.3 is 0 Å². The molecular weight excluding hydrogens is 783 g/mol. The van der Waals surface area contributed by atoms with Gasteiger partial charge in [0.15, 0.2) is 0 Å². The summed E-state index contributed by atoms with van der Waals surface area (Å²) < 4.78 is 0. The quantitative estimate of drug-likeness (QED) is 0.123. The topological polar surface area (TPSA) is 3.24 Å². The van der Waals surface area contributed by atoms with Gasteiger partial charge in [-0.3, -0.25) is 0 Å². The molecule has 15 rings (SSSR count). The number of fused-ring (bicyclic) bond motifs is 10. The monoisotopic (exact) mass is 819 g/mol. The number of hydrogen-bond donors (Lipinski definition) is 0. The Hall–Kier alpha value is -8.52. The van der Waals surface area contributed by atoms with Crippen molar-refractivity contribution in [3.63, 3.8) is 0 Å². The highest BCUT2D eigenvalue weighted by molar-refractivity contribution is 6.40. The molecule has 1 heteroatoms. The van der Waals surface area contributed by atoms with Crippen molar-refractivity contribution in [1.29, 1.82) is 0 Å². The Labute approximate surface area is 376 Å². The molecule has 13 aromatic carbocycles. The van der Waals surface area contributed by atoms with Crippen LogP contribution in [0.2, 0.25) is 0 Å². The van der Waals surface area contributed by atoms with E-state index in [0.717, 1.165) is 17.1 Å². The minimum Gasteiger partial charge on any atom is -0.310 e. The molecular formula is C64H37N. The summed E-state index contributed by atoms with van der Waals surface area (Å²) in [4.78, 5) is 2.37. The van der Waals surface area contributed by atoms with Gasteiger partial charge in [-0.2, -0.15) is 0 Å². The summed E-state index contributed by atoms with van der Waals surface area (Å²) in [7, 11) is 0. The number of hydrogen-bond acceptors (Lipinski definition) is 1. The van der Waals surface area contributed by atoms with Crippen LogP contribution in [0.3, 0.4) is 0 Å². The van der Waals surface area contributed by atoms with Crippen LogP contribution in [-0.2, 0) is 0 Å². The molecule has 0 spiro atoms. The second-order valence-corrected chi connectivity index (χ2v) is 17.9. The van der Waals surface area contributed by atoms with Crippen LogP contribution >= 0.6 is 0 Å². The van der Waals surface area contributed by atoms with Gasteiger partial charge in [-0.1, -0.05) is 176 Å². The molecule has 0 atom stereocenters. The van der Waals surface area contributed by atoms with Crippen LogP contribution in [0.1, 0.15) is 0 Å². The summed E-state index contributed by atoms with van der Waals surface area (Å²) in [5.41, 5.74) is 19.0. The van der Waals surface area contributed by atoms with Gasteiger partial charge in [0.25, 0.3) is 0 Å². The molecule has 0 amide bonds. The fraction of sp³-hybridized carbons (Fsp3) is 0. The number of anilines is 3. The van der Waals surface area contributed by atoms with Crippen molar-refractivity contribution in [3.05, 3.63) is 224 Å². The van der Waals surface area contributed by atoms with Crippen LogP contribution in [0, 0.1) is 0 Å². The van der Waals surface area contributed by atoms with Gasteiger partial charge in [-0.05, 0) is 180 Å². The van der Waals surface area contributed by atoms with E-state index in [1.165, 1.54) is 131 Å². The predicted octanol–water partition coefficient (Wildman–Crippen LogP) is 18.1. The van der Waals surface area contributed by atoms with Gasteiger partial charge in [0.05, 0.1) is 0 Å². The third-order valence-electron chi connectivity index (χ3n) is 14.6. The fourth-order valence-corrected chi connectivity index (χ4v) is 12.0. The van der Waals surface area contributed by atoms with Crippen LogP contribution < -0.4 is 4.90 Å². The van der Waals surface area contributed by atoms with Crippen molar-refractivity contribution in [1.82, 2.24) is 0 Å². The number of nitrogens with zero attached hydrogens (tertiary/aromatic N) is 1. The molecule has 0 saturated carbocycles. The minimum absolute atomic E-state index is 1.14. The van der Waals surface area contributed by atoms with E-state index in [4.69, 9.17) is 0 Å². The van der Waals surface area contributed by atoms with E-state index in [-0.39, 0.29) is 0 Å². The van der Waals surface area contributed by atoms with Crippen molar-refractivity contribution < 1.29 is 0 Å². The molecule has 0 aromatic heterocycles. The van der Waals surface area contributed by atoms with Crippen molar-refractivity contribution >= 4 is 81.7 Å². The molecule has 0 aliphatic heterocycles. The molecule has 0 bridgehead atoms. The minimum atomic E-state index is 1.14. The second-order valence-electron chi connectivity index (χ2n) is 17.9. The van der Waals surface area contributed by atoms with Gasteiger partial charge in [0.1, 0.15) is 0 Å². The zero-order valence-electron chi connectivity index (χ0n) is 35.3. The molecule has 0 saturated heterocycles. The summed E-state index contributed by atoms with van der Waals surface area (Å²) >= 11 is 0. The molecule has 13 aromatic rings. The van der Waals surface area contributed by atoms with E-state index in [1.807, 2.05) is 0 Å². The van der Waals surface area contributed by atoms with Gasteiger partial charge in [0.2, 0.25) is 0 Å². The highest BCUT2D eigenvalue weighted by Crippen LogP contribution is 2.58. The number of para-hydroxylation sites is 2. The first kappa shape index (κ1) is 35.0. The van der Waals surface area contributed by atoms with Crippen molar-refractivity contribution in [2.75, 3.05) is 4.90 Å². The standard InChI is InChI=1S/C64H37N/c1-5-15-38(16-6-1)59-44-23-13-14-24-45(44)60(39-17-7-2-8-18-39)58-37-56-53-34-31-50-48-29-32-51-54-35-42(65(40-19-9-3-10-20-40)41-21-11-4-12-22-41)25-26-43(54)46-27-28-47(62(48)61(46)51)49-30-33-52(64(53)63(49)50)55(56)36-57(58)59/h1-37H. The van der Waals surface area contributed by atoms with E-state index < -0.39 is 0 Å². The highest BCUT2D eigenvalue weighted by Gasteiger charge is 2.30. The normalized spacial score (nSPS) is 12.3. The zero-order valence-corrected chi connectivity index (χ0v) is 35.3. The van der Waals surface area contributed by atoms with E-state index in [1.54, 1.807) is 0 Å². The molecule has 1 nitrogen and oxygen atoms in total. The first-order chi connectivity index (χ1) is 32.3. The fourth-order valence-electron chi connectivity index (χ4n) is 12.0. The summed E-state index contributed by atoms with van der Waals surface area (Å²) in [5.74, 6) is 0. The van der Waals surface area contributed by atoms with Gasteiger partial charge in [-0.25, -0.2) is 0 Å². The van der Waals surface area contributed by atoms with E-state index in [9.17, 15) is 0 Å². The van der Waals surface area contributed by atoms with Gasteiger partial charge in [0, 0.05) is 17.1 Å². The summed E-state index contributed by atoms with van der Waals surface area (Å²) in [5, 5.41) is 15.9. The SMILES string of the molecule is c1ccc(-c2c3ccccc3c(-c3ccccc3)c3cc4c(cc23)-c2ccc3c5ccc6c7c(ccc(c8ccc-4c2c38)c75)-c2cc(N(c3ccccc3)c3ccccc3)ccc2-6)cc1. The van der Waals surface area contributed by atoms with E-state index in [2.05, 4.69) is 229 Å². The maximum absolute atomic E-state index is 2.52. The molecule has 2 aliphatic rings. The molecule has 2 aliphatic carbocycles. The average Bonchev–Trinajstić information content (AvgIpc) is 3.87. The molecule has 298 valence electrons. The first-order valence-electron chi connectivity index (χ1n) is 22.7. The average molecular weight is 820 g/mol. The van der Waals surface area contributed by atoms with Crippen LogP contribution in [0.25, 0.3) is 131 Å². The Morgan fingerprint density at radius 3 is 0.985 bits per heavy atom. The maximum atomic E-state index is 2.52. The second kappa shape index (κ2) is 13.0. The van der Waals surface area contributed by atoms with E-state index >= 15 is 0 Å².